The molecule has 8 heteroatoms. The summed E-state index contributed by atoms with van der Waals surface area (Å²) in [7, 11) is 1.31. The van der Waals surface area contributed by atoms with Crippen LogP contribution in [0.5, 0.6) is 0 Å². The summed E-state index contributed by atoms with van der Waals surface area (Å²) in [6.07, 6.45) is 0. The van der Waals surface area contributed by atoms with Crippen molar-refractivity contribution >= 4 is 40.1 Å². The first-order chi connectivity index (χ1) is 16.0. The number of hydrogen-bond donors (Lipinski definition) is 1. The van der Waals surface area contributed by atoms with Gasteiger partial charge in [-0.2, -0.15) is 0 Å². The van der Waals surface area contributed by atoms with Crippen molar-refractivity contribution in [1.29, 1.82) is 0 Å². The standard InChI is InChI=1S/C25H20FN3O3S/c1-15-7-8-17(25(31)32-2)13-21(15)27-22(30)14-33-24-20-6-4-3-5-19(20)23(28-29-24)16-9-11-18(26)12-10-16/h3-13H,14H2,1-2H3,(H,27,30). The van der Waals surface area contributed by atoms with Crippen LogP contribution in [0, 0.1) is 12.7 Å². The quantitative estimate of drug-likeness (QED) is 0.312. The number of benzene rings is 3. The van der Waals surface area contributed by atoms with E-state index < -0.39 is 5.97 Å². The predicted molar refractivity (Wildman–Crippen MR) is 127 cm³/mol. The van der Waals surface area contributed by atoms with E-state index in [0.29, 0.717) is 22.0 Å². The maximum Gasteiger partial charge on any atom is 0.337 e. The number of methoxy groups -OCH3 is 1. The minimum Gasteiger partial charge on any atom is -0.465 e. The first kappa shape index (κ1) is 22.4. The molecule has 0 aliphatic heterocycles. The Kier molecular flexibility index (Phi) is 6.65. The van der Waals surface area contributed by atoms with Crippen molar-refractivity contribution in [2.24, 2.45) is 0 Å². The number of aromatic nitrogens is 2. The van der Waals surface area contributed by atoms with Crippen LogP contribution in [0.15, 0.2) is 71.8 Å². The Labute approximate surface area is 194 Å². The number of halogens is 1. The summed E-state index contributed by atoms with van der Waals surface area (Å²) in [5.41, 5.74) is 3.14. The molecule has 0 fully saturated rings. The zero-order valence-corrected chi connectivity index (χ0v) is 18.8. The van der Waals surface area contributed by atoms with Crippen LogP contribution in [0.2, 0.25) is 0 Å². The van der Waals surface area contributed by atoms with Gasteiger partial charge >= 0.3 is 5.97 Å². The fourth-order valence-corrected chi connectivity index (χ4v) is 4.10. The molecule has 4 aromatic rings. The normalized spacial score (nSPS) is 10.8. The summed E-state index contributed by atoms with van der Waals surface area (Å²) >= 11 is 1.27. The van der Waals surface area contributed by atoms with Gasteiger partial charge in [-0.1, -0.05) is 42.1 Å². The number of amides is 1. The molecule has 1 amide bonds. The predicted octanol–water partition coefficient (Wildman–Crippen LogP) is 5.26. The number of ether oxygens (including phenoxy) is 1. The number of carbonyl (C=O) groups is 2. The molecule has 1 N–H and O–H groups in total. The molecule has 0 radical (unpaired) electrons. The molecule has 0 saturated heterocycles. The van der Waals surface area contributed by atoms with Crippen LogP contribution in [0.3, 0.4) is 0 Å². The highest BCUT2D eigenvalue weighted by Crippen LogP contribution is 2.32. The van der Waals surface area contributed by atoms with Crippen molar-refractivity contribution in [2.75, 3.05) is 18.2 Å². The van der Waals surface area contributed by atoms with Crippen LogP contribution in [0.4, 0.5) is 10.1 Å². The van der Waals surface area contributed by atoms with Crippen LogP contribution in [0.25, 0.3) is 22.0 Å². The van der Waals surface area contributed by atoms with Crippen molar-refractivity contribution in [3.8, 4) is 11.3 Å². The highest BCUT2D eigenvalue weighted by atomic mass is 32.2. The Morgan fingerprint density at radius 3 is 2.45 bits per heavy atom. The SMILES string of the molecule is COC(=O)c1ccc(C)c(NC(=O)CSc2nnc(-c3ccc(F)cc3)c3ccccc23)c1. The topological polar surface area (TPSA) is 81.2 Å². The molecular weight excluding hydrogens is 441 g/mol. The van der Waals surface area contributed by atoms with Crippen LogP contribution >= 0.6 is 11.8 Å². The van der Waals surface area contributed by atoms with Crippen molar-refractivity contribution in [3.63, 3.8) is 0 Å². The van der Waals surface area contributed by atoms with Gasteiger partial charge < -0.3 is 10.1 Å². The number of nitrogens with one attached hydrogen (secondary N) is 1. The molecule has 0 saturated carbocycles. The summed E-state index contributed by atoms with van der Waals surface area (Å²) in [4.78, 5) is 24.4. The van der Waals surface area contributed by atoms with Gasteiger partial charge in [-0.15, -0.1) is 10.2 Å². The average molecular weight is 462 g/mol. The fourth-order valence-electron chi connectivity index (χ4n) is 3.33. The van der Waals surface area contributed by atoms with Gasteiger partial charge in [0.25, 0.3) is 0 Å². The number of anilines is 1. The van der Waals surface area contributed by atoms with Crippen molar-refractivity contribution < 1.29 is 18.7 Å². The number of esters is 1. The van der Waals surface area contributed by atoms with E-state index in [1.807, 2.05) is 31.2 Å². The van der Waals surface area contributed by atoms with Crippen molar-refractivity contribution in [1.82, 2.24) is 10.2 Å². The molecule has 166 valence electrons. The number of hydrogen-bond acceptors (Lipinski definition) is 6. The Morgan fingerprint density at radius 1 is 1.00 bits per heavy atom. The second-order valence-corrected chi connectivity index (χ2v) is 8.23. The lowest BCUT2D eigenvalue weighted by molar-refractivity contribution is -0.113. The van der Waals surface area contributed by atoms with E-state index in [9.17, 15) is 14.0 Å². The van der Waals surface area contributed by atoms with E-state index in [0.717, 1.165) is 21.9 Å². The average Bonchev–Trinajstić information content (AvgIpc) is 2.84. The molecular formula is C25H20FN3O3S. The molecule has 0 spiro atoms. The number of aryl methyl sites for hydroxylation is 1. The van der Waals surface area contributed by atoms with Gasteiger partial charge in [0, 0.05) is 22.0 Å². The summed E-state index contributed by atoms with van der Waals surface area (Å²) in [5.74, 6) is -0.917. The van der Waals surface area contributed by atoms with Gasteiger partial charge in [-0.05, 0) is 48.9 Å². The highest BCUT2D eigenvalue weighted by Gasteiger charge is 2.14. The minimum atomic E-state index is -0.470. The molecule has 0 atom stereocenters. The third kappa shape index (κ3) is 5.01. The van der Waals surface area contributed by atoms with Gasteiger partial charge in [0.2, 0.25) is 5.91 Å². The number of fused-ring (bicyclic) bond motifs is 1. The first-order valence-corrected chi connectivity index (χ1v) is 11.1. The summed E-state index contributed by atoms with van der Waals surface area (Å²) in [6, 6.07) is 18.7. The Morgan fingerprint density at radius 2 is 1.73 bits per heavy atom. The maximum absolute atomic E-state index is 13.3. The van der Waals surface area contributed by atoms with Gasteiger partial charge in [0.1, 0.15) is 16.5 Å². The first-order valence-electron chi connectivity index (χ1n) is 10.1. The molecule has 0 bridgehead atoms. The summed E-state index contributed by atoms with van der Waals surface area (Å²) in [5, 5.41) is 13.9. The van der Waals surface area contributed by atoms with Gasteiger partial charge in [0.15, 0.2) is 0 Å². The Hall–Kier alpha value is -3.78. The lowest BCUT2D eigenvalue weighted by atomic mass is 10.1. The maximum atomic E-state index is 13.3. The Balaban J connectivity index is 1.53. The van der Waals surface area contributed by atoms with E-state index >= 15 is 0 Å². The molecule has 4 rings (SSSR count). The van der Waals surface area contributed by atoms with E-state index in [1.165, 1.54) is 31.0 Å². The van der Waals surface area contributed by atoms with E-state index in [2.05, 4.69) is 15.5 Å². The second-order valence-electron chi connectivity index (χ2n) is 7.26. The molecule has 0 aliphatic carbocycles. The van der Waals surface area contributed by atoms with Gasteiger partial charge in [-0.25, -0.2) is 9.18 Å². The van der Waals surface area contributed by atoms with Gasteiger partial charge in [-0.3, -0.25) is 4.79 Å². The van der Waals surface area contributed by atoms with Crippen LogP contribution in [-0.4, -0.2) is 34.9 Å². The molecule has 33 heavy (non-hydrogen) atoms. The van der Waals surface area contributed by atoms with Crippen LogP contribution in [0.1, 0.15) is 15.9 Å². The van der Waals surface area contributed by atoms with Gasteiger partial charge in [0.05, 0.1) is 18.4 Å². The molecule has 1 heterocycles. The summed E-state index contributed by atoms with van der Waals surface area (Å²) in [6.45, 7) is 1.84. The molecule has 1 aromatic heterocycles. The lowest BCUT2D eigenvalue weighted by Gasteiger charge is -2.11. The zero-order chi connectivity index (χ0) is 23.4. The largest absolute Gasteiger partial charge is 0.465 e. The lowest BCUT2D eigenvalue weighted by Crippen LogP contribution is -2.15. The highest BCUT2D eigenvalue weighted by molar-refractivity contribution is 8.00. The van der Waals surface area contributed by atoms with Crippen LogP contribution < -0.4 is 5.32 Å². The van der Waals surface area contributed by atoms with Crippen molar-refractivity contribution in [3.05, 3.63) is 83.7 Å². The zero-order valence-electron chi connectivity index (χ0n) is 18.0. The monoisotopic (exact) mass is 461 g/mol. The number of carbonyl (C=O) groups excluding carboxylic acids is 2. The fraction of sp³-hybridized carbons (Fsp3) is 0.120. The second kappa shape index (κ2) is 9.79. The molecule has 0 aliphatic rings. The van der Waals surface area contributed by atoms with E-state index in [1.54, 1.807) is 30.3 Å². The van der Waals surface area contributed by atoms with Crippen LogP contribution in [-0.2, 0) is 9.53 Å². The number of thioether (sulfide) groups is 1. The number of nitrogens with zero attached hydrogens (tertiary/aromatic N) is 2. The van der Waals surface area contributed by atoms with E-state index in [4.69, 9.17) is 4.74 Å². The molecule has 0 unspecified atom stereocenters. The third-order valence-electron chi connectivity index (χ3n) is 5.04. The molecule has 6 nitrogen and oxygen atoms in total. The minimum absolute atomic E-state index is 0.108. The van der Waals surface area contributed by atoms with Crippen molar-refractivity contribution in [2.45, 2.75) is 11.9 Å². The van der Waals surface area contributed by atoms with E-state index in [-0.39, 0.29) is 17.5 Å². The smallest absolute Gasteiger partial charge is 0.337 e. The summed E-state index contributed by atoms with van der Waals surface area (Å²) < 4.78 is 18.1. The Bertz CT molecular complexity index is 1340. The molecule has 3 aromatic carbocycles. The number of rotatable bonds is 6. The third-order valence-corrected chi connectivity index (χ3v) is 6.03.